The van der Waals surface area contributed by atoms with Crippen molar-refractivity contribution >= 4 is 0 Å². The average Bonchev–Trinajstić information content (AvgIpc) is 2.72. The molecule has 0 aliphatic heterocycles. The molecule has 96 valence electrons. The van der Waals surface area contributed by atoms with E-state index in [9.17, 15) is 9.50 Å². The largest absolute Gasteiger partial charge is 0.485 e. The first kappa shape index (κ1) is 12.6. The molecule has 1 unspecified atom stereocenters. The van der Waals surface area contributed by atoms with Gasteiger partial charge >= 0.3 is 0 Å². The van der Waals surface area contributed by atoms with Gasteiger partial charge in [-0.1, -0.05) is 0 Å². The molecule has 2 rings (SSSR count). The Kier molecular flexibility index (Phi) is 3.62. The lowest BCUT2D eigenvalue weighted by atomic mass is 10.1. The number of ether oxygens (including phenoxy) is 1. The number of aliphatic hydroxyl groups is 1. The van der Waals surface area contributed by atoms with Crippen molar-refractivity contribution in [3.05, 3.63) is 47.8 Å². The van der Waals surface area contributed by atoms with Crippen molar-refractivity contribution in [1.82, 2.24) is 9.55 Å². The molecule has 0 amide bonds. The van der Waals surface area contributed by atoms with Crippen LogP contribution >= 0.6 is 0 Å². The van der Waals surface area contributed by atoms with Gasteiger partial charge in [0.2, 0.25) is 0 Å². The Hall–Kier alpha value is -1.88. The van der Waals surface area contributed by atoms with Gasteiger partial charge in [-0.3, -0.25) is 0 Å². The highest BCUT2D eigenvalue weighted by Gasteiger charge is 2.11. The van der Waals surface area contributed by atoms with Gasteiger partial charge in [0, 0.05) is 31.1 Å². The molecule has 1 N–H and O–H groups in total. The van der Waals surface area contributed by atoms with Crippen LogP contribution in [0.15, 0.2) is 30.6 Å². The van der Waals surface area contributed by atoms with E-state index < -0.39 is 11.9 Å². The van der Waals surface area contributed by atoms with Crippen LogP contribution in [0, 0.1) is 5.82 Å². The highest BCUT2D eigenvalue weighted by Crippen LogP contribution is 2.26. The first-order valence-corrected chi connectivity index (χ1v) is 5.64. The minimum absolute atomic E-state index is 0.229. The number of aromatic nitrogens is 2. The molecule has 0 aliphatic rings. The average molecular weight is 250 g/mol. The number of aryl methyl sites for hydroxylation is 1. The molecule has 4 nitrogen and oxygen atoms in total. The monoisotopic (exact) mass is 250 g/mol. The van der Waals surface area contributed by atoms with Crippen LogP contribution in [0.25, 0.3) is 0 Å². The van der Waals surface area contributed by atoms with Crippen LogP contribution in [0.1, 0.15) is 24.4 Å². The molecular formula is C13H15FN2O2. The molecule has 0 spiro atoms. The summed E-state index contributed by atoms with van der Waals surface area (Å²) in [4.78, 5) is 4.11. The number of benzene rings is 1. The zero-order chi connectivity index (χ0) is 13.1. The molecule has 0 saturated carbocycles. The Morgan fingerprint density at radius 2 is 2.28 bits per heavy atom. The number of imidazole rings is 1. The zero-order valence-corrected chi connectivity index (χ0v) is 10.3. The third-order valence-corrected chi connectivity index (χ3v) is 2.70. The van der Waals surface area contributed by atoms with Crippen LogP contribution in [0.5, 0.6) is 5.75 Å². The molecule has 0 saturated heterocycles. The van der Waals surface area contributed by atoms with Crippen molar-refractivity contribution in [2.24, 2.45) is 7.05 Å². The van der Waals surface area contributed by atoms with Crippen molar-refractivity contribution in [2.45, 2.75) is 19.6 Å². The van der Waals surface area contributed by atoms with E-state index in [4.69, 9.17) is 4.74 Å². The van der Waals surface area contributed by atoms with Crippen LogP contribution in [0.3, 0.4) is 0 Å². The molecule has 5 heteroatoms. The summed E-state index contributed by atoms with van der Waals surface area (Å²) in [7, 11) is 1.85. The Bertz CT molecular complexity index is 538. The summed E-state index contributed by atoms with van der Waals surface area (Å²) in [5, 5.41) is 9.58. The van der Waals surface area contributed by atoms with Gasteiger partial charge in [0.1, 0.15) is 24.0 Å². The third kappa shape index (κ3) is 2.68. The van der Waals surface area contributed by atoms with Crippen LogP contribution < -0.4 is 4.74 Å². The van der Waals surface area contributed by atoms with E-state index in [2.05, 4.69) is 4.98 Å². The standard InChI is InChI=1S/C13H15FN2O2/c1-9(17)11-4-3-10(14)7-12(11)18-8-13-15-5-6-16(13)2/h3-7,9,17H,8H2,1-2H3. The summed E-state index contributed by atoms with van der Waals surface area (Å²) in [5.41, 5.74) is 0.561. The molecule has 1 atom stereocenters. The Labute approximate surface area is 105 Å². The fraction of sp³-hybridized carbons (Fsp3) is 0.308. The topological polar surface area (TPSA) is 47.3 Å². The van der Waals surface area contributed by atoms with E-state index in [1.165, 1.54) is 18.2 Å². The lowest BCUT2D eigenvalue weighted by Gasteiger charge is -2.13. The van der Waals surface area contributed by atoms with Crippen molar-refractivity contribution in [3.8, 4) is 5.75 Å². The number of aliphatic hydroxyl groups excluding tert-OH is 1. The number of nitrogens with zero attached hydrogens (tertiary/aromatic N) is 2. The van der Waals surface area contributed by atoms with Crippen LogP contribution in [-0.2, 0) is 13.7 Å². The first-order valence-electron chi connectivity index (χ1n) is 5.64. The van der Waals surface area contributed by atoms with E-state index in [0.29, 0.717) is 11.3 Å². The SMILES string of the molecule is CC(O)c1ccc(F)cc1OCc1nccn1C. The number of hydrogen-bond donors (Lipinski definition) is 1. The maximum absolute atomic E-state index is 13.2. The molecule has 18 heavy (non-hydrogen) atoms. The van der Waals surface area contributed by atoms with Crippen LogP contribution in [0.4, 0.5) is 4.39 Å². The van der Waals surface area contributed by atoms with E-state index in [1.54, 1.807) is 19.3 Å². The second-order valence-electron chi connectivity index (χ2n) is 4.10. The zero-order valence-electron chi connectivity index (χ0n) is 10.3. The summed E-state index contributed by atoms with van der Waals surface area (Å²) in [6.45, 7) is 1.84. The molecular weight excluding hydrogens is 235 g/mol. The van der Waals surface area contributed by atoms with Gasteiger partial charge in [-0.15, -0.1) is 0 Å². The van der Waals surface area contributed by atoms with E-state index in [0.717, 1.165) is 5.82 Å². The third-order valence-electron chi connectivity index (χ3n) is 2.70. The molecule has 1 aromatic heterocycles. The van der Waals surface area contributed by atoms with Crippen molar-refractivity contribution in [3.63, 3.8) is 0 Å². The number of rotatable bonds is 4. The fourth-order valence-electron chi connectivity index (χ4n) is 1.66. The Morgan fingerprint density at radius 3 is 2.89 bits per heavy atom. The lowest BCUT2D eigenvalue weighted by molar-refractivity contribution is 0.189. The van der Waals surface area contributed by atoms with Crippen molar-refractivity contribution in [1.29, 1.82) is 0 Å². The summed E-state index contributed by atoms with van der Waals surface area (Å²) >= 11 is 0. The molecule has 0 radical (unpaired) electrons. The minimum Gasteiger partial charge on any atom is -0.485 e. The lowest BCUT2D eigenvalue weighted by Crippen LogP contribution is -2.05. The van der Waals surface area contributed by atoms with Gasteiger partial charge in [-0.2, -0.15) is 0 Å². The van der Waals surface area contributed by atoms with Crippen molar-refractivity contribution < 1.29 is 14.2 Å². The quantitative estimate of drug-likeness (QED) is 0.904. The molecule has 0 fully saturated rings. The van der Waals surface area contributed by atoms with Crippen LogP contribution in [0.2, 0.25) is 0 Å². The van der Waals surface area contributed by atoms with E-state index in [-0.39, 0.29) is 6.61 Å². The van der Waals surface area contributed by atoms with Gasteiger partial charge in [0.05, 0.1) is 6.10 Å². The highest BCUT2D eigenvalue weighted by molar-refractivity contribution is 5.35. The van der Waals surface area contributed by atoms with Crippen LogP contribution in [-0.4, -0.2) is 14.7 Å². The normalized spacial score (nSPS) is 12.4. The minimum atomic E-state index is -0.707. The smallest absolute Gasteiger partial charge is 0.146 e. The number of halogens is 1. The maximum Gasteiger partial charge on any atom is 0.146 e. The van der Waals surface area contributed by atoms with Crippen molar-refractivity contribution in [2.75, 3.05) is 0 Å². The predicted octanol–water partition coefficient (Wildman–Crippen LogP) is 2.19. The summed E-state index contributed by atoms with van der Waals surface area (Å²) in [5.74, 6) is 0.679. The fourth-order valence-corrected chi connectivity index (χ4v) is 1.66. The highest BCUT2D eigenvalue weighted by atomic mass is 19.1. The van der Waals surface area contributed by atoms with Gasteiger partial charge in [0.15, 0.2) is 0 Å². The summed E-state index contributed by atoms with van der Waals surface area (Å²) in [6, 6.07) is 4.09. The summed E-state index contributed by atoms with van der Waals surface area (Å²) < 4.78 is 20.5. The molecule has 2 aromatic rings. The predicted molar refractivity (Wildman–Crippen MR) is 64.6 cm³/mol. The maximum atomic E-state index is 13.2. The summed E-state index contributed by atoms with van der Waals surface area (Å²) in [6.07, 6.45) is 2.77. The second kappa shape index (κ2) is 5.18. The Morgan fingerprint density at radius 1 is 1.50 bits per heavy atom. The molecule has 0 bridgehead atoms. The van der Waals surface area contributed by atoms with Gasteiger partial charge in [-0.05, 0) is 19.1 Å². The second-order valence-corrected chi connectivity index (χ2v) is 4.10. The van der Waals surface area contributed by atoms with Gasteiger partial charge in [-0.25, -0.2) is 9.37 Å². The molecule has 1 heterocycles. The van der Waals surface area contributed by atoms with E-state index in [1.807, 2.05) is 11.6 Å². The van der Waals surface area contributed by atoms with E-state index >= 15 is 0 Å². The molecule has 1 aromatic carbocycles. The first-order chi connectivity index (χ1) is 8.58. The molecule has 0 aliphatic carbocycles. The van der Waals surface area contributed by atoms with Gasteiger partial charge < -0.3 is 14.4 Å². The number of hydrogen-bond acceptors (Lipinski definition) is 3. The van der Waals surface area contributed by atoms with Gasteiger partial charge in [0.25, 0.3) is 0 Å². The Balaban J connectivity index is 2.18.